The minimum Gasteiger partial charge on any atom is -0.497 e. The fourth-order valence-corrected chi connectivity index (χ4v) is 5.98. The first-order valence-corrected chi connectivity index (χ1v) is 12.8. The molecule has 8 nitrogen and oxygen atoms in total. The van der Waals surface area contributed by atoms with Gasteiger partial charge in [0.25, 0.3) is 0 Å². The van der Waals surface area contributed by atoms with Crippen LogP contribution < -0.4 is 14.8 Å². The van der Waals surface area contributed by atoms with Gasteiger partial charge in [-0.25, -0.2) is 8.42 Å². The van der Waals surface area contributed by atoms with Crippen molar-refractivity contribution in [1.29, 1.82) is 0 Å². The van der Waals surface area contributed by atoms with Gasteiger partial charge in [-0.05, 0) is 49.2 Å². The van der Waals surface area contributed by atoms with Gasteiger partial charge in [0.2, 0.25) is 15.9 Å². The number of sulfonamides is 1. The molecule has 0 saturated carbocycles. The summed E-state index contributed by atoms with van der Waals surface area (Å²) in [4.78, 5) is 13.3. The number of methoxy groups -OCH3 is 2. The van der Waals surface area contributed by atoms with E-state index in [1.54, 1.807) is 25.3 Å². The number of hydrogen-bond acceptors (Lipinski definition) is 6. The number of amides is 1. The summed E-state index contributed by atoms with van der Waals surface area (Å²) in [6, 6.07) is 17.7. The second kappa shape index (κ2) is 9.24. The summed E-state index contributed by atoms with van der Waals surface area (Å²) in [6.07, 6.45) is 0.854. The monoisotopic (exact) mass is 494 g/mol. The molecule has 3 aromatic carbocycles. The van der Waals surface area contributed by atoms with E-state index in [2.05, 4.69) is 5.32 Å². The lowest BCUT2D eigenvalue weighted by molar-refractivity contribution is -0.120. The van der Waals surface area contributed by atoms with Crippen LogP contribution in [0.15, 0.2) is 70.0 Å². The maximum atomic E-state index is 13.1. The molecule has 1 aliphatic rings. The Labute approximate surface area is 203 Å². The zero-order chi connectivity index (χ0) is 24.6. The van der Waals surface area contributed by atoms with Crippen molar-refractivity contribution in [3.05, 3.63) is 60.7 Å². The van der Waals surface area contributed by atoms with Gasteiger partial charge in [-0.1, -0.05) is 18.2 Å². The van der Waals surface area contributed by atoms with Gasteiger partial charge in [-0.3, -0.25) is 4.79 Å². The molecule has 1 aliphatic heterocycles. The second-order valence-electron chi connectivity index (χ2n) is 8.49. The number of furan rings is 1. The normalized spacial score (nSPS) is 15.4. The molecule has 0 radical (unpaired) electrons. The highest BCUT2D eigenvalue weighted by molar-refractivity contribution is 7.89. The Morgan fingerprint density at radius 2 is 1.66 bits per heavy atom. The largest absolute Gasteiger partial charge is 0.497 e. The average molecular weight is 495 g/mol. The van der Waals surface area contributed by atoms with Gasteiger partial charge in [-0.15, -0.1) is 0 Å². The number of nitrogens with zero attached hydrogens (tertiary/aromatic N) is 1. The summed E-state index contributed by atoms with van der Waals surface area (Å²) >= 11 is 0. The van der Waals surface area contributed by atoms with E-state index in [1.807, 2.05) is 30.3 Å². The third-order valence-corrected chi connectivity index (χ3v) is 8.39. The van der Waals surface area contributed by atoms with Crippen LogP contribution in [0, 0.1) is 5.92 Å². The Kier molecular flexibility index (Phi) is 6.12. The van der Waals surface area contributed by atoms with Crippen LogP contribution in [0.2, 0.25) is 0 Å². The molecular weight excluding hydrogens is 468 g/mol. The topological polar surface area (TPSA) is 98.1 Å². The van der Waals surface area contributed by atoms with Crippen molar-refractivity contribution < 1.29 is 27.1 Å². The summed E-state index contributed by atoms with van der Waals surface area (Å²) in [5, 5.41) is 4.85. The van der Waals surface area contributed by atoms with Crippen LogP contribution in [0.5, 0.6) is 11.5 Å². The second-order valence-corrected chi connectivity index (χ2v) is 10.4. The molecule has 1 amide bonds. The summed E-state index contributed by atoms with van der Waals surface area (Å²) < 4.78 is 44.0. The number of nitrogens with one attached hydrogen (secondary N) is 1. The van der Waals surface area contributed by atoms with E-state index in [4.69, 9.17) is 13.9 Å². The Balaban J connectivity index is 1.29. The van der Waals surface area contributed by atoms with E-state index in [9.17, 15) is 13.2 Å². The van der Waals surface area contributed by atoms with Crippen LogP contribution in [0.25, 0.3) is 21.9 Å². The van der Waals surface area contributed by atoms with Crippen LogP contribution in [0.3, 0.4) is 0 Å². The Morgan fingerprint density at radius 1 is 0.943 bits per heavy atom. The average Bonchev–Trinajstić information content (AvgIpc) is 3.25. The summed E-state index contributed by atoms with van der Waals surface area (Å²) in [5.74, 6) is 0.654. The molecular formula is C26H26N2O6S. The molecule has 4 aromatic rings. The Hall–Kier alpha value is -3.56. The third kappa shape index (κ3) is 4.33. The molecule has 2 heterocycles. The van der Waals surface area contributed by atoms with E-state index >= 15 is 0 Å². The van der Waals surface area contributed by atoms with Gasteiger partial charge in [-0.2, -0.15) is 4.31 Å². The van der Waals surface area contributed by atoms with Crippen molar-refractivity contribution in [1.82, 2.24) is 4.31 Å². The summed E-state index contributed by atoms with van der Waals surface area (Å²) in [7, 11) is -0.541. The van der Waals surface area contributed by atoms with Gasteiger partial charge in [0.15, 0.2) is 0 Å². The Morgan fingerprint density at radius 3 is 2.34 bits per heavy atom. The van der Waals surface area contributed by atoms with Crippen molar-refractivity contribution in [2.24, 2.45) is 5.92 Å². The first kappa shape index (κ1) is 23.2. The summed E-state index contributed by atoms with van der Waals surface area (Å²) in [5.41, 5.74) is 1.94. The minimum absolute atomic E-state index is 0.166. The number of rotatable bonds is 6. The smallest absolute Gasteiger partial charge is 0.243 e. The maximum Gasteiger partial charge on any atom is 0.243 e. The molecule has 9 heteroatoms. The van der Waals surface area contributed by atoms with E-state index in [1.165, 1.54) is 23.5 Å². The molecule has 182 valence electrons. The van der Waals surface area contributed by atoms with Crippen LogP contribution in [-0.4, -0.2) is 45.9 Å². The van der Waals surface area contributed by atoms with Crippen molar-refractivity contribution in [3.8, 4) is 11.5 Å². The highest BCUT2D eigenvalue weighted by Crippen LogP contribution is 2.37. The molecule has 1 N–H and O–H groups in total. The number of hydrogen-bond donors (Lipinski definition) is 1. The number of carbonyl (C=O) groups is 1. The first-order chi connectivity index (χ1) is 16.9. The van der Waals surface area contributed by atoms with Crippen molar-refractivity contribution in [2.45, 2.75) is 17.7 Å². The number of benzene rings is 3. The lowest BCUT2D eigenvalue weighted by Crippen LogP contribution is -2.41. The minimum atomic E-state index is -3.63. The SMILES string of the molecule is COc1ccc(S(=O)(=O)N2CCC(C(=O)Nc3cc4oc5ccccc5c4cc3OC)CC2)cc1. The van der Waals surface area contributed by atoms with Gasteiger partial charge in [0.05, 0.1) is 24.8 Å². The van der Waals surface area contributed by atoms with E-state index in [0.29, 0.717) is 35.6 Å². The van der Waals surface area contributed by atoms with E-state index in [0.717, 1.165) is 16.4 Å². The van der Waals surface area contributed by atoms with Gasteiger partial charge in [0, 0.05) is 35.8 Å². The van der Waals surface area contributed by atoms with Crippen molar-refractivity contribution >= 4 is 43.6 Å². The molecule has 0 bridgehead atoms. The predicted octanol–water partition coefficient (Wildman–Crippen LogP) is 4.64. The molecule has 0 aliphatic carbocycles. The van der Waals surface area contributed by atoms with E-state index < -0.39 is 10.0 Å². The zero-order valence-electron chi connectivity index (χ0n) is 19.5. The van der Waals surface area contributed by atoms with Gasteiger partial charge >= 0.3 is 0 Å². The molecule has 1 aromatic heterocycles. The van der Waals surface area contributed by atoms with Crippen molar-refractivity contribution in [3.63, 3.8) is 0 Å². The fourth-order valence-electron chi connectivity index (χ4n) is 4.51. The zero-order valence-corrected chi connectivity index (χ0v) is 20.3. The molecule has 1 saturated heterocycles. The molecule has 1 fully saturated rings. The number of carbonyl (C=O) groups excluding carboxylic acids is 1. The number of para-hydroxylation sites is 1. The number of fused-ring (bicyclic) bond motifs is 3. The first-order valence-electron chi connectivity index (χ1n) is 11.3. The molecule has 0 unspecified atom stereocenters. The maximum absolute atomic E-state index is 13.1. The number of anilines is 1. The highest BCUT2D eigenvalue weighted by Gasteiger charge is 2.32. The van der Waals surface area contributed by atoms with Gasteiger partial charge in [0.1, 0.15) is 22.7 Å². The van der Waals surface area contributed by atoms with E-state index in [-0.39, 0.29) is 29.8 Å². The lowest BCUT2D eigenvalue weighted by Gasteiger charge is -2.30. The van der Waals surface area contributed by atoms with Crippen LogP contribution >= 0.6 is 0 Å². The number of piperidine rings is 1. The number of ether oxygens (including phenoxy) is 2. The predicted molar refractivity (Wildman–Crippen MR) is 133 cm³/mol. The van der Waals surface area contributed by atoms with Crippen molar-refractivity contribution in [2.75, 3.05) is 32.6 Å². The Bertz CT molecular complexity index is 1490. The molecule has 0 spiro atoms. The van der Waals surface area contributed by atoms with Crippen LogP contribution in [0.4, 0.5) is 5.69 Å². The third-order valence-electron chi connectivity index (χ3n) is 6.48. The lowest BCUT2D eigenvalue weighted by atomic mass is 9.97. The van der Waals surface area contributed by atoms with Crippen LogP contribution in [0.1, 0.15) is 12.8 Å². The standard InChI is InChI=1S/C26H26N2O6S/c1-32-18-7-9-19(10-8-18)35(30,31)28-13-11-17(12-14-28)26(29)27-22-16-24-21(15-25(22)33-2)20-5-3-4-6-23(20)34-24/h3-10,15-17H,11-14H2,1-2H3,(H,27,29). The van der Waals surface area contributed by atoms with Gasteiger partial charge < -0.3 is 19.2 Å². The van der Waals surface area contributed by atoms with Crippen LogP contribution in [-0.2, 0) is 14.8 Å². The molecule has 35 heavy (non-hydrogen) atoms. The highest BCUT2D eigenvalue weighted by atomic mass is 32.2. The molecule has 0 atom stereocenters. The summed E-state index contributed by atoms with van der Waals surface area (Å²) in [6.45, 7) is 0.540. The fraction of sp³-hybridized carbons (Fsp3) is 0.269. The quantitative estimate of drug-likeness (QED) is 0.419. The molecule has 5 rings (SSSR count).